The van der Waals surface area contributed by atoms with Gasteiger partial charge in [-0.25, -0.2) is 0 Å². The number of nitrogens with one attached hydrogen (secondary N) is 1. The van der Waals surface area contributed by atoms with E-state index in [2.05, 4.69) is 38.1 Å². The highest BCUT2D eigenvalue weighted by Crippen LogP contribution is 2.30. The lowest BCUT2D eigenvalue weighted by Gasteiger charge is -2.02. The second-order valence-electron chi connectivity index (χ2n) is 4.47. The van der Waals surface area contributed by atoms with E-state index in [1.165, 1.54) is 0 Å². The van der Waals surface area contributed by atoms with Gasteiger partial charge >= 0.3 is 6.01 Å². The molecular formula is C15H8Cl2IN3O2. The first-order valence-corrected chi connectivity index (χ1v) is 8.23. The number of amides is 1. The zero-order valence-corrected chi connectivity index (χ0v) is 15.1. The number of rotatable bonds is 3. The second-order valence-corrected chi connectivity index (χ2v) is 6.48. The van der Waals surface area contributed by atoms with Crippen molar-refractivity contribution < 1.29 is 9.21 Å². The Hall–Kier alpha value is -1.64. The van der Waals surface area contributed by atoms with Crippen molar-refractivity contribution in [1.82, 2.24) is 10.2 Å². The maximum absolute atomic E-state index is 12.2. The van der Waals surface area contributed by atoms with Crippen molar-refractivity contribution in [1.29, 1.82) is 0 Å². The minimum absolute atomic E-state index is 0.0132. The van der Waals surface area contributed by atoms with Crippen molar-refractivity contribution in [2.45, 2.75) is 0 Å². The molecule has 0 fully saturated rings. The number of aromatic nitrogens is 2. The summed E-state index contributed by atoms with van der Waals surface area (Å²) >= 11 is 14.1. The fraction of sp³-hybridized carbons (Fsp3) is 0. The monoisotopic (exact) mass is 459 g/mol. The van der Waals surface area contributed by atoms with E-state index >= 15 is 0 Å². The minimum Gasteiger partial charge on any atom is -0.403 e. The van der Waals surface area contributed by atoms with Crippen LogP contribution in [0.2, 0.25) is 10.0 Å². The van der Waals surface area contributed by atoms with Gasteiger partial charge in [-0.15, -0.1) is 5.10 Å². The molecule has 0 aliphatic rings. The first kappa shape index (κ1) is 16.2. The van der Waals surface area contributed by atoms with E-state index in [-0.39, 0.29) is 17.8 Å². The van der Waals surface area contributed by atoms with Gasteiger partial charge in [0.05, 0.1) is 16.1 Å². The van der Waals surface area contributed by atoms with Crippen LogP contribution in [0.3, 0.4) is 0 Å². The number of anilines is 1. The zero-order chi connectivity index (χ0) is 16.4. The highest BCUT2D eigenvalue weighted by molar-refractivity contribution is 14.1. The summed E-state index contributed by atoms with van der Waals surface area (Å²) < 4.78 is 6.26. The van der Waals surface area contributed by atoms with Crippen molar-refractivity contribution in [3.63, 3.8) is 0 Å². The van der Waals surface area contributed by atoms with Crippen LogP contribution in [-0.2, 0) is 0 Å². The standard InChI is InChI=1S/C15H8Cl2IN3O2/c16-8-5-6-11(17)10(7-8)14-20-21-15(23-14)19-13(22)9-3-1-2-4-12(9)18/h1-7H,(H,19,21,22). The minimum atomic E-state index is -0.331. The van der Waals surface area contributed by atoms with Crippen molar-refractivity contribution in [2.24, 2.45) is 0 Å². The number of benzene rings is 2. The van der Waals surface area contributed by atoms with Crippen LogP contribution < -0.4 is 5.32 Å². The molecule has 0 radical (unpaired) electrons. The highest BCUT2D eigenvalue weighted by atomic mass is 127. The quantitative estimate of drug-likeness (QED) is 0.565. The molecule has 0 saturated heterocycles. The molecule has 1 amide bonds. The van der Waals surface area contributed by atoms with E-state index in [1.807, 2.05) is 12.1 Å². The van der Waals surface area contributed by atoms with Gasteiger partial charge in [-0.3, -0.25) is 10.1 Å². The Labute approximate surface area is 155 Å². The predicted octanol–water partition coefficient (Wildman–Crippen LogP) is 4.90. The third-order valence-electron chi connectivity index (χ3n) is 2.92. The van der Waals surface area contributed by atoms with Crippen molar-refractivity contribution in [2.75, 3.05) is 5.32 Å². The van der Waals surface area contributed by atoms with Crippen LogP contribution in [0.5, 0.6) is 0 Å². The lowest BCUT2D eigenvalue weighted by molar-refractivity contribution is 0.102. The predicted molar refractivity (Wildman–Crippen MR) is 96.9 cm³/mol. The van der Waals surface area contributed by atoms with Crippen LogP contribution in [-0.4, -0.2) is 16.1 Å². The molecule has 0 aliphatic heterocycles. The summed E-state index contributed by atoms with van der Waals surface area (Å²) in [5.41, 5.74) is 1.02. The van der Waals surface area contributed by atoms with Crippen LogP contribution in [0.25, 0.3) is 11.5 Å². The SMILES string of the molecule is O=C(Nc1nnc(-c2cc(Cl)ccc2Cl)o1)c1ccccc1I. The Kier molecular flexibility index (Phi) is 4.84. The first-order chi connectivity index (χ1) is 11.0. The van der Waals surface area contributed by atoms with Gasteiger partial charge in [0.15, 0.2) is 0 Å². The summed E-state index contributed by atoms with van der Waals surface area (Å²) in [4.78, 5) is 12.2. The topological polar surface area (TPSA) is 68.0 Å². The largest absolute Gasteiger partial charge is 0.403 e. The molecular weight excluding hydrogens is 452 g/mol. The average molecular weight is 460 g/mol. The van der Waals surface area contributed by atoms with E-state index < -0.39 is 0 Å². The number of halogens is 3. The number of nitrogens with zero attached hydrogens (tertiary/aromatic N) is 2. The molecule has 116 valence electrons. The molecule has 0 spiro atoms. The molecule has 1 heterocycles. The normalized spacial score (nSPS) is 10.6. The molecule has 8 heteroatoms. The maximum atomic E-state index is 12.2. The van der Waals surface area contributed by atoms with Gasteiger partial charge in [-0.1, -0.05) is 40.4 Å². The smallest absolute Gasteiger partial charge is 0.322 e. The number of hydrogen-bond acceptors (Lipinski definition) is 4. The van der Waals surface area contributed by atoms with Gasteiger partial charge in [0.25, 0.3) is 11.8 Å². The summed E-state index contributed by atoms with van der Waals surface area (Å²) in [6, 6.07) is 12.1. The fourth-order valence-electron chi connectivity index (χ4n) is 1.85. The van der Waals surface area contributed by atoms with Gasteiger partial charge in [-0.2, -0.15) is 0 Å². The second kappa shape index (κ2) is 6.86. The Bertz CT molecular complexity index is 883. The van der Waals surface area contributed by atoms with E-state index in [1.54, 1.807) is 30.3 Å². The lowest BCUT2D eigenvalue weighted by Crippen LogP contribution is -2.13. The van der Waals surface area contributed by atoms with Crippen molar-refractivity contribution in [3.8, 4) is 11.5 Å². The maximum Gasteiger partial charge on any atom is 0.322 e. The average Bonchev–Trinajstić information content (AvgIpc) is 2.98. The third-order valence-corrected chi connectivity index (χ3v) is 4.43. The Morgan fingerprint density at radius 2 is 1.91 bits per heavy atom. The Balaban J connectivity index is 1.84. The highest BCUT2D eigenvalue weighted by Gasteiger charge is 2.16. The molecule has 0 unspecified atom stereocenters. The van der Waals surface area contributed by atoms with Gasteiger partial charge in [0.2, 0.25) is 0 Å². The molecule has 0 saturated carbocycles. The summed E-state index contributed by atoms with van der Waals surface area (Å²) in [7, 11) is 0. The molecule has 5 nitrogen and oxygen atoms in total. The molecule has 0 bridgehead atoms. The molecule has 0 aliphatic carbocycles. The summed E-state index contributed by atoms with van der Waals surface area (Å²) in [5.74, 6) is -0.155. The lowest BCUT2D eigenvalue weighted by atomic mass is 10.2. The van der Waals surface area contributed by atoms with E-state index in [9.17, 15) is 4.79 Å². The molecule has 1 N–H and O–H groups in total. The first-order valence-electron chi connectivity index (χ1n) is 6.39. The molecule has 2 aromatic carbocycles. The van der Waals surface area contributed by atoms with Gasteiger partial charge in [0, 0.05) is 8.59 Å². The van der Waals surface area contributed by atoms with Gasteiger partial charge < -0.3 is 4.42 Å². The van der Waals surface area contributed by atoms with E-state index in [0.717, 1.165) is 3.57 Å². The molecule has 3 rings (SSSR count). The number of carbonyl (C=O) groups is 1. The van der Waals surface area contributed by atoms with Crippen molar-refractivity contribution >= 4 is 57.7 Å². The molecule has 0 atom stereocenters. The van der Waals surface area contributed by atoms with E-state index in [0.29, 0.717) is 21.2 Å². The third kappa shape index (κ3) is 3.65. The number of hydrogen-bond donors (Lipinski definition) is 1. The Morgan fingerprint density at radius 1 is 1.13 bits per heavy atom. The molecule has 1 aromatic heterocycles. The fourth-order valence-corrected chi connectivity index (χ4v) is 2.86. The molecule has 23 heavy (non-hydrogen) atoms. The van der Waals surface area contributed by atoms with Crippen molar-refractivity contribution in [3.05, 3.63) is 61.6 Å². The summed E-state index contributed by atoms with van der Waals surface area (Å²) in [5, 5.41) is 11.2. The molecule has 3 aromatic rings. The van der Waals surface area contributed by atoms with Crippen LogP contribution >= 0.6 is 45.8 Å². The van der Waals surface area contributed by atoms with Crippen LogP contribution in [0, 0.1) is 3.57 Å². The van der Waals surface area contributed by atoms with Gasteiger partial charge in [-0.05, 0) is 52.9 Å². The number of carbonyl (C=O) groups excluding carboxylic acids is 1. The zero-order valence-electron chi connectivity index (χ0n) is 11.4. The Morgan fingerprint density at radius 3 is 2.70 bits per heavy atom. The van der Waals surface area contributed by atoms with Crippen LogP contribution in [0.1, 0.15) is 10.4 Å². The summed E-state index contributed by atoms with van der Waals surface area (Å²) in [6.45, 7) is 0. The summed E-state index contributed by atoms with van der Waals surface area (Å²) in [6.07, 6.45) is 0. The van der Waals surface area contributed by atoms with Crippen LogP contribution in [0.15, 0.2) is 46.9 Å². The van der Waals surface area contributed by atoms with Crippen LogP contribution in [0.4, 0.5) is 6.01 Å². The van der Waals surface area contributed by atoms with E-state index in [4.69, 9.17) is 27.6 Å². The van der Waals surface area contributed by atoms with Gasteiger partial charge in [0.1, 0.15) is 0 Å².